The average Bonchev–Trinajstić information content (AvgIpc) is 2.40. The molecular formula is C15H24N2S. The lowest BCUT2D eigenvalue weighted by atomic mass is 9.90. The molecule has 0 aliphatic carbocycles. The summed E-state index contributed by atoms with van der Waals surface area (Å²) in [7, 11) is 0. The van der Waals surface area contributed by atoms with E-state index in [4.69, 9.17) is 5.73 Å². The van der Waals surface area contributed by atoms with E-state index < -0.39 is 0 Å². The van der Waals surface area contributed by atoms with Gasteiger partial charge in [-0.25, -0.2) is 0 Å². The molecule has 0 spiro atoms. The van der Waals surface area contributed by atoms with Gasteiger partial charge >= 0.3 is 0 Å². The summed E-state index contributed by atoms with van der Waals surface area (Å²) in [5.41, 5.74) is 7.56. The number of rotatable bonds is 4. The molecule has 1 aliphatic heterocycles. The summed E-state index contributed by atoms with van der Waals surface area (Å²) in [6.45, 7) is 7.67. The molecule has 1 saturated heterocycles. The standard InChI is InChI=1S/C15H24N2S/c1-13-11-17(8-9-18-13)15(2,12-16)10-14-6-4-3-5-7-14/h3-7,13H,8-12,16H2,1-2H3. The van der Waals surface area contributed by atoms with Gasteiger partial charge in [0.1, 0.15) is 0 Å². The molecule has 0 saturated carbocycles. The Hall–Kier alpha value is -0.510. The summed E-state index contributed by atoms with van der Waals surface area (Å²) < 4.78 is 0. The van der Waals surface area contributed by atoms with Gasteiger partial charge in [0.2, 0.25) is 0 Å². The van der Waals surface area contributed by atoms with Crippen LogP contribution < -0.4 is 5.73 Å². The highest BCUT2D eigenvalue weighted by Crippen LogP contribution is 2.27. The van der Waals surface area contributed by atoms with Crippen LogP contribution in [0, 0.1) is 0 Å². The highest BCUT2D eigenvalue weighted by atomic mass is 32.2. The second kappa shape index (κ2) is 6.09. The van der Waals surface area contributed by atoms with Crippen molar-refractivity contribution in [2.24, 2.45) is 5.73 Å². The fourth-order valence-electron chi connectivity index (χ4n) is 2.66. The minimum absolute atomic E-state index is 0.0938. The predicted octanol–water partition coefficient (Wildman–Crippen LogP) is 2.38. The first-order chi connectivity index (χ1) is 8.64. The van der Waals surface area contributed by atoms with Gasteiger partial charge < -0.3 is 5.73 Å². The van der Waals surface area contributed by atoms with Crippen LogP contribution in [0.2, 0.25) is 0 Å². The van der Waals surface area contributed by atoms with Crippen LogP contribution in [0.4, 0.5) is 0 Å². The monoisotopic (exact) mass is 264 g/mol. The molecule has 0 amide bonds. The van der Waals surface area contributed by atoms with Crippen LogP contribution in [0.1, 0.15) is 19.4 Å². The molecule has 1 heterocycles. The van der Waals surface area contributed by atoms with E-state index in [2.05, 4.69) is 60.8 Å². The van der Waals surface area contributed by atoms with Gasteiger partial charge in [-0.3, -0.25) is 4.90 Å². The fourth-order valence-corrected chi connectivity index (χ4v) is 3.67. The van der Waals surface area contributed by atoms with Gasteiger partial charge in [0, 0.05) is 36.2 Å². The molecule has 1 aromatic carbocycles. The van der Waals surface area contributed by atoms with E-state index in [0.29, 0.717) is 0 Å². The summed E-state index contributed by atoms with van der Waals surface area (Å²) in [4.78, 5) is 2.58. The van der Waals surface area contributed by atoms with Gasteiger partial charge in [0.25, 0.3) is 0 Å². The summed E-state index contributed by atoms with van der Waals surface area (Å²) in [6.07, 6.45) is 1.04. The van der Waals surface area contributed by atoms with Crippen molar-refractivity contribution in [3.05, 3.63) is 35.9 Å². The molecule has 2 rings (SSSR count). The molecule has 100 valence electrons. The predicted molar refractivity (Wildman–Crippen MR) is 81.1 cm³/mol. The van der Waals surface area contributed by atoms with Gasteiger partial charge in [0.15, 0.2) is 0 Å². The molecule has 0 radical (unpaired) electrons. The molecule has 0 bridgehead atoms. The molecule has 3 heteroatoms. The van der Waals surface area contributed by atoms with E-state index >= 15 is 0 Å². The molecular weight excluding hydrogens is 240 g/mol. The minimum Gasteiger partial charge on any atom is -0.329 e. The molecule has 2 unspecified atom stereocenters. The van der Waals surface area contributed by atoms with Crippen LogP contribution in [0.3, 0.4) is 0 Å². The third-order valence-corrected chi connectivity index (χ3v) is 5.01. The zero-order valence-corrected chi connectivity index (χ0v) is 12.2. The lowest BCUT2D eigenvalue weighted by molar-refractivity contribution is 0.116. The quantitative estimate of drug-likeness (QED) is 0.905. The lowest BCUT2D eigenvalue weighted by Crippen LogP contribution is -2.57. The molecule has 2 atom stereocenters. The molecule has 1 fully saturated rings. The Labute approximate surface area is 115 Å². The van der Waals surface area contributed by atoms with Gasteiger partial charge in [0.05, 0.1) is 0 Å². The number of hydrogen-bond acceptors (Lipinski definition) is 3. The van der Waals surface area contributed by atoms with Gasteiger partial charge in [-0.05, 0) is 18.9 Å². The SMILES string of the molecule is CC1CN(C(C)(CN)Cc2ccccc2)CCS1. The number of thioether (sulfide) groups is 1. The van der Waals surface area contributed by atoms with Crippen LogP contribution in [-0.4, -0.2) is 41.1 Å². The molecule has 18 heavy (non-hydrogen) atoms. The molecule has 2 nitrogen and oxygen atoms in total. The normalized spacial score (nSPS) is 24.7. The molecule has 1 aromatic rings. The minimum atomic E-state index is 0.0938. The van der Waals surface area contributed by atoms with Crippen molar-refractivity contribution in [3.8, 4) is 0 Å². The zero-order valence-electron chi connectivity index (χ0n) is 11.4. The van der Waals surface area contributed by atoms with Gasteiger partial charge in [-0.1, -0.05) is 37.3 Å². The Bertz CT molecular complexity index is 368. The Morgan fingerprint density at radius 1 is 1.39 bits per heavy atom. The maximum absolute atomic E-state index is 6.08. The number of nitrogens with zero attached hydrogens (tertiary/aromatic N) is 1. The van der Waals surface area contributed by atoms with E-state index in [9.17, 15) is 0 Å². The first-order valence-electron chi connectivity index (χ1n) is 6.75. The highest BCUT2D eigenvalue weighted by molar-refractivity contribution is 7.99. The van der Waals surface area contributed by atoms with Crippen molar-refractivity contribution in [3.63, 3.8) is 0 Å². The van der Waals surface area contributed by atoms with Crippen LogP contribution in [-0.2, 0) is 6.42 Å². The van der Waals surface area contributed by atoms with Crippen LogP contribution in [0.15, 0.2) is 30.3 Å². The van der Waals surface area contributed by atoms with Crippen molar-refractivity contribution in [2.45, 2.75) is 31.1 Å². The van der Waals surface area contributed by atoms with Crippen molar-refractivity contribution in [1.29, 1.82) is 0 Å². The summed E-state index contributed by atoms with van der Waals surface area (Å²) >= 11 is 2.07. The van der Waals surface area contributed by atoms with Gasteiger partial charge in [-0.15, -0.1) is 0 Å². The van der Waals surface area contributed by atoms with E-state index in [0.717, 1.165) is 31.3 Å². The molecule has 0 aromatic heterocycles. The summed E-state index contributed by atoms with van der Waals surface area (Å²) in [5, 5.41) is 0.723. The van der Waals surface area contributed by atoms with Crippen molar-refractivity contribution < 1.29 is 0 Å². The number of hydrogen-bond donors (Lipinski definition) is 1. The van der Waals surface area contributed by atoms with E-state index in [1.54, 1.807) is 0 Å². The highest BCUT2D eigenvalue weighted by Gasteiger charge is 2.33. The lowest BCUT2D eigenvalue weighted by Gasteiger charge is -2.44. The third kappa shape index (κ3) is 3.28. The smallest absolute Gasteiger partial charge is 0.0344 e. The van der Waals surface area contributed by atoms with Gasteiger partial charge in [-0.2, -0.15) is 11.8 Å². The fraction of sp³-hybridized carbons (Fsp3) is 0.600. The molecule has 1 aliphatic rings. The third-order valence-electron chi connectivity index (χ3n) is 3.87. The van der Waals surface area contributed by atoms with Crippen molar-refractivity contribution >= 4 is 11.8 Å². The van der Waals surface area contributed by atoms with Crippen LogP contribution in [0.25, 0.3) is 0 Å². The van der Waals surface area contributed by atoms with E-state index in [-0.39, 0.29) is 5.54 Å². The Morgan fingerprint density at radius 2 is 2.11 bits per heavy atom. The number of benzene rings is 1. The first kappa shape index (κ1) is 13.9. The largest absolute Gasteiger partial charge is 0.329 e. The van der Waals surface area contributed by atoms with Crippen LogP contribution in [0.5, 0.6) is 0 Å². The zero-order chi connectivity index (χ0) is 13.0. The first-order valence-corrected chi connectivity index (χ1v) is 7.79. The second-order valence-electron chi connectivity index (χ2n) is 5.49. The summed E-state index contributed by atoms with van der Waals surface area (Å²) in [6, 6.07) is 10.7. The van der Waals surface area contributed by atoms with Crippen molar-refractivity contribution in [1.82, 2.24) is 4.90 Å². The Kier molecular flexibility index (Phi) is 4.71. The maximum Gasteiger partial charge on any atom is 0.0344 e. The van der Waals surface area contributed by atoms with E-state index in [1.165, 1.54) is 11.3 Å². The molecule has 2 N–H and O–H groups in total. The Balaban J connectivity index is 2.09. The average molecular weight is 264 g/mol. The summed E-state index contributed by atoms with van der Waals surface area (Å²) in [5.74, 6) is 1.23. The number of nitrogens with two attached hydrogens (primary N) is 1. The van der Waals surface area contributed by atoms with Crippen LogP contribution >= 0.6 is 11.8 Å². The van der Waals surface area contributed by atoms with Crippen molar-refractivity contribution in [2.75, 3.05) is 25.4 Å². The second-order valence-corrected chi connectivity index (χ2v) is 7.04. The Morgan fingerprint density at radius 3 is 2.72 bits per heavy atom. The topological polar surface area (TPSA) is 29.3 Å². The van der Waals surface area contributed by atoms with E-state index in [1.807, 2.05) is 0 Å². The maximum atomic E-state index is 6.08.